The van der Waals surface area contributed by atoms with E-state index in [9.17, 15) is 4.79 Å². The average molecular weight is 254 g/mol. The van der Waals surface area contributed by atoms with Gasteiger partial charge in [0.15, 0.2) is 0 Å². The van der Waals surface area contributed by atoms with Crippen LogP contribution >= 0.6 is 0 Å². The molecular formula is C12H18N2O4. The Labute approximate surface area is 105 Å². The number of aromatic nitrogens is 2. The van der Waals surface area contributed by atoms with Gasteiger partial charge in [0.1, 0.15) is 0 Å². The van der Waals surface area contributed by atoms with Crippen molar-refractivity contribution in [3.63, 3.8) is 0 Å². The van der Waals surface area contributed by atoms with Crippen molar-refractivity contribution >= 4 is 5.97 Å². The summed E-state index contributed by atoms with van der Waals surface area (Å²) in [4.78, 5) is 10.4. The molecule has 1 aliphatic rings. The molecule has 0 bridgehead atoms. The van der Waals surface area contributed by atoms with Crippen molar-refractivity contribution in [2.45, 2.75) is 51.0 Å². The van der Waals surface area contributed by atoms with Crippen molar-refractivity contribution in [1.29, 1.82) is 0 Å². The van der Waals surface area contributed by atoms with E-state index in [-0.39, 0.29) is 6.42 Å². The maximum Gasteiger partial charge on any atom is 0.303 e. The summed E-state index contributed by atoms with van der Waals surface area (Å²) in [6.07, 6.45) is 5.67. The average Bonchev–Trinajstić information content (AvgIpc) is 2.83. The first-order valence-corrected chi connectivity index (χ1v) is 6.38. The molecule has 1 unspecified atom stereocenters. The maximum atomic E-state index is 10.4. The molecule has 0 spiro atoms. The Morgan fingerprint density at radius 2 is 2.06 bits per heavy atom. The molecule has 18 heavy (non-hydrogen) atoms. The van der Waals surface area contributed by atoms with Gasteiger partial charge in [-0.05, 0) is 25.7 Å². The summed E-state index contributed by atoms with van der Waals surface area (Å²) in [6.45, 7) is 0.846. The molecule has 0 saturated carbocycles. The zero-order valence-electron chi connectivity index (χ0n) is 10.3. The molecule has 0 aliphatic carbocycles. The van der Waals surface area contributed by atoms with Crippen LogP contribution in [0.1, 0.15) is 43.9 Å². The van der Waals surface area contributed by atoms with E-state index < -0.39 is 5.97 Å². The number of nitrogens with zero attached hydrogens (tertiary/aromatic N) is 2. The fourth-order valence-electron chi connectivity index (χ4n) is 2.02. The van der Waals surface area contributed by atoms with Crippen molar-refractivity contribution in [2.75, 3.05) is 6.61 Å². The lowest BCUT2D eigenvalue weighted by Gasteiger charge is -2.21. The van der Waals surface area contributed by atoms with Crippen molar-refractivity contribution < 1.29 is 19.1 Å². The minimum atomic E-state index is -0.856. The summed E-state index contributed by atoms with van der Waals surface area (Å²) in [7, 11) is 0. The Balaban J connectivity index is 1.73. The first-order valence-electron chi connectivity index (χ1n) is 6.38. The zero-order chi connectivity index (χ0) is 12.8. The lowest BCUT2D eigenvalue weighted by molar-refractivity contribution is -0.137. The number of aryl methyl sites for hydroxylation is 2. The molecule has 1 fully saturated rings. The molecule has 1 aromatic heterocycles. The third kappa shape index (κ3) is 4.10. The molecule has 1 aromatic rings. The summed E-state index contributed by atoms with van der Waals surface area (Å²) in [5.41, 5.74) is 0. The summed E-state index contributed by atoms with van der Waals surface area (Å²) >= 11 is 0. The van der Waals surface area contributed by atoms with Gasteiger partial charge in [0, 0.05) is 19.4 Å². The number of hydrogen-bond acceptors (Lipinski definition) is 5. The third-order valence-electron chi connectivity index (χ3n) is 3.02. The maximum absolute atomic E-state index is 10.4. The summed E-state index contributed by atoms with van der Waals surface area (Å²) in [5.74, 6) is 0.117. The normalized spacial score (nSPS) is 19.9. The third-order valence-corrected chi connectivity index (χ3v) is 3.02. The number of carbonyl (C=O) groups is 1. The molecule has 0 amide bonds. The van der Waals surface area contributed by atoms with Crippen LogP contribution in [0.3, 0.4) is 0 Å². The molecule has 1 saturated heterocycles. The second kappa shape index (κ2) is 6.49. The predicted octanol–water partition coefficient (Wildman–Crippen LogP) is 1.59. The quantitative estimate of drug-likeness (QED) is 0.829. The van der Waals surface area contributed by atoms with Crippen molar-refractivity contribution in [3.05, 3.63) is 11.8 Å². The van der Waals surface area contributed by atoms with E-state index in [1.807, 2.05) is 0 Å². The number of rotatable bonds is 6. The van der Waals surface area contributed by atoms with Crippen LogP contribution < -0.4 is 0 Å². The molecular weight excluding hydrogens is 236 g/mol. The topological polar surface area (TPSA) is 85.5 Å². The molecule has 6 heteroatoms. The minimum Gasteiger partial charge on any atom is -0.481 e. The zero-order valence-corrected chi connectivity index (χ0v) is 10.3. The van der Waals surface area contributed by atoms with Gasteiger partial charge in [0.2, 0.25) is 11.8 Å². The van der Waals surface area contributed by atoms with E-state index >= 15 is 0 Å². The number of hydrogen-bond donors (Lipinski definition) is 1. The van der Waals surface area contributed by atoms with Gasteiger partial charge in [0.25, 0.3) is 0 Å². The summed E-state index contributed by atoms with van der Waals surface area (Å²) < 4.78 is 11.0. The number of carboxylic acid groups (broad SMARTS) is 1. The van der Waals surface area contributed by atoms with Crippen LogP contribution in [0.25, 0.3) is 0 Å². The Hall–Kier alpha value is -1.43. The highest BCUT2D eigenvalue weighted by Gasteiger charge is 2.15. The van der Waals surface area contributed by atoms with Gasteiger partial charge < -0.3 is 14.3 Å². The Bertz CT molecular complexity index is 385. The lowest BCUT2D eigenvalue weighted by Crippen LogP contribution is -2.19. The van der Waals surface area contributed by atoms with Gasteiger partial charge in [-0.2, -0.15) is 0 Å². The van der Waals surface area contributed by atoms with Crippen LogP contribution in [0, 0.1) is 0 Å². The van der Waals surface area contributed by atoms with Crippen LogP contribution in [-0.4, -0.2) is 34.0 Å². The molecule has 100 valence electrons. The van der Waals surface area contributed by atoms with Gasteiger partial charge in [-0.3, -0.25) is 4.79 Å². The van der Waals surface area contributed by atoms with Crippen molar-refractivity contribution in [1.82, 2.24) is 10.2 Å². The van der Waals surface area contributed by atoms with E-state index in [0.29, 0.717) is 30.7 Å². The van der Waals surface area contributed by atoms with Gasteiger partial charge in [-0.25, -0.2) is 0 Å². The van der Waals surface area contributed by atoms with Crippen molar-refractivity contribution in [3.8, 4) is 0 Å². The number of ether oxygens (including phenoxy) is 1. The minimum absolute atomic E-state index is 0.0212. The molecule has 2 rings (SSSR count). The Morgan fingerprint density at radius 1 is 1.28 bits per heavy atom. The van der Waals surface area contributed by atoms with Crippen LogP contribution in [0.15, 0.2) is 4.42 Å². The monoisotopic (exact) mass is 254 g/mol. The van der Waals surface area contributed by atoms with E-state index in [2.05, 4.69) is 10.2 Å². The van der Waals surface area contributed by atoms with Gasteiger partial charge >= 0.3 is 5.97 Å². The predicted molar refractivity (Wildman–Crippen MR) is 62.2 cm³/mol. The van der Waals surface area contributed by atoms with Crippen LogP contribution in [0.4, 0.5) is 0 Å². The molecule has 6 nitrogen and oxygen atoms in total. The summed E-state index contributed by atoms with van der Waals surface area (Å²) in [6, 6.07) is 0. The highest BCUT2D eigenvalue weighted by Crippen LogP contribution is 2.17. The summed E-state index contributed by atoms with van der Waals surface area (Å²) in [5, 5.41) is 16.3. The van der Waals surface area contributed by atoms with E-state index in [0.717, 1.165) is 25.9 Å². The molecule has 2 heterocycles. The van der Waals surface area contributed by atoms with E-state index in [1.54, 1.807) is 0 Å². The van der Waals surface area contributed by atoms with E-state index in [1.165, 1.54) is 6.42 Å². The SMILES string of the molecule is O=C(O)CCc1nnc(CCC2CCCCO2)o1. The molecule has 0 aromatic carbocycles. The van der Waals surface area contributed by atoms with Gasteiger partial charge in [-0.15, -0.1) is 10.2 Å². The fraction of sp³-hybridized carbons (Fsp3) is 0.750. The lowest BCUT2D eigenvalue weighted by atomic mass is 10.0. The number of carboxylic acids is 1. The van der Waals surface area contributed by atoms with Crippen LogP contribution in [0.2, 0.25) is 0 Å². The number of aliphatic carboxylic acids is 1. The standard InChI is InChI=1S/C12H18N2O4/c15-12(16)7-6-11-14-13-10(18-11)5-4-9-3-1-2-8-17-9/h9H,1-8H2,(H,15,16). The van der Waals surface area contributed by atoms with E-state index in [4.69, 9.17) is 14.3 Å². The van der Waals surface area contributed by atoms with Crippen molar-refractivity contribution in [2.24, 2.45) is 0 Å². The second-order valence-corrected chi connectivity index (χ2v) is 4.51. The van der Waals surface area contributed by atoms with Crippen LogP contribution in [-0.2, 0) is 22.4 Å². The van der Waals surface area contributed by atoms with Gasteiger partial charge in [0.05, 0.1) is 12.5 Å². The molecule has 1 N–H and O–H groups in total. The highest BCUT2D eigenvalue weighted by atomic mass is 16.5. The Morgan fingerprint density at radius 3 is 2.72 bits per heavy atom. The van der Waals surface area contributed by atoms with Crippen LogP contribution in [0.5, 0.6) is 0 Å². The highest BCUT2D eigenvalue weighted by molar-refractivity contribution is 5.66. The molecule has 1 atom stereocenters. The Kier molecular flexibility index (Phi) is 4.69. The van der Waals surface area contributed by atoms with Gasteiger partial charge in [-0.1, -0.05) is 0 Å². The molecule has 0 radical (unpaired) electrons. The molecule has 1 aliphatic heterocycles. The second-order valence-electron chi connectivity index (χ2n) is 4.51. The first-order chi connectivity index (χ1) is 8.74. The largest absolute Gasteiger partial charge is 0.481 e. The first kappa shape index (κ1) is 13.0. The fourth-order valence-corrected chi connectivity index (χ4v) is 2.02. The smallest absolute Gasteiger partial charge is 0.303 e.